The Bertz CT molecular complexity index is 445. The summed E-state index contributed by atoms with van der Waals surface area (Å²) in [4.78, 5) is 0. The van der Waals surface area contributed by atoms with E-state index in [0.29, 0.717) is 18.2 Å². The Morgan fingerprint density at radius 1 is 1.33 bits per heavy atom. The first-order chi connectivity index (χ1) is 8.34. The summed E-state index contributed by atoms with van der Waals surface area (Å²) in [6.07, 6.45) is -3.52. The number of rotatable bonds is 4. The standard InChI is InChI=1S/C13H15F3N2/c1-9(2)5-6-18-12-4-3-11(13(14,15)16)7-10(12)8-17/h3-4,7,9,18H,5-6H2,1-2H3. The van der Waals surface area contributed by atoms with Gasteiger partial charge in [0.15, 0.2) is 0 Å². The minimum absolute atomic E-state index is 0.0218. The third-order valence-electron chi connectivity index (χ3n) is 2.50. The van der Waals surface area contributed by atoms with Gasteiger partial charge in [0, 0.05) is 6.54 Å². The molecule has 0 spiro atoms. The minimum atomic E-state index is -4.41. The smallest absolute Gasteiger partial charge is 0.384 e. The van der Waals surface area contributed by atoms with Crippen molar-refractivity contribution < 1.29 is 13.2 Å². The van der Waals surface area contributed by atoms with Gasteiger partial charge in [-0.15, -0.1) is 0 Å². The number of hydrogen-bond acceptors (Lipinski definition) is 2. The topological polar surface area (TPSA) is 35.8 Å². The molecule has 0 radical (unpaired) electrons. The summed E-state index contributed by atoms with van der Waals surface area (Å²) in [5, 5.41) is 11.8. The van der Waals surface area contributed by atoms with E-state index in [1.54, 1.807) is 6.07 Å². The van der Waals surface area contributed by atoms with Gasteiger partial charge in [-0.05, 0) is 30.5 Å². The minimum Gasteiger partial charge on any atom is -0.384 e. The molecule has 2 nitrogen and oxygen atoms in total. The zero-order valence-corrected chi connectivity index (χ0v) is 10.3. The van der Waals surface area contributed by atoms with Gasteiger partial charge in [0.05, 0.1) is 16.8 Å². The van der Waals surface area contributed by atoms with Crippen LogP contribution in [0.3, 0.4) is 0 Å². The second-order valence-corrected chi connectivity index (χ2v) is 4.48. The number of nitrogens with zero attached hydrogens (tertiary/aromatic N) is 1. The van der Waals surface area contributed by atoms with Gasteiger partial charge >= 0.3 is 6.18 Å². The van der Waals surface area contributed by atoms with Crippen molar-refractivity contribution in [3.63, 3.8) is 0 Å². The first-order valence-electron chi connectivity index (χ1n) is 5.70. The van der Waals surface area contributed by atoms with Crippen molar-refractivity contribution in [1.82, 2.24) is 0 Å². The molecule has 1 N–H and O–H groups in total. The van der Waals surface area contributed by atoms with Crippen molar-refractivity contribution in [2.75, 3.05) is 11.9 Å². The van der Waals surface area contributed by atoms with Gasteiger partial charge in [0.25, 0.3) is 0 Å². The Morgan fingerprint density at radius 2 is 2.00 bits per heavy atom. The van der Waals surface area contributed by atoms with E-state index in [2.05, 4.69) is 19.2 Å². The fraction of sp³-hybridized carbons (Fsp3) is 0.462. The maximum absolute atomic E-state index is 12.5. The molecule has 0 atom stereocenters. The van der Waals surface area contributed by atoms with E-state index >= 15 is 0 Å². The Balaban J connectivity index is 2.85. The molecule has 98 valence electrons. The lowest BCUT2D eigenvalue weighted by atomic mass is 10.1. The van der Waals surface area contributed by atoms with E-state index in [-0.39, 0.29) is 5.56 Å². The molecule has 5 heteroatoms. The van der Waals surface area contributed by atoms with Crippen LogP contribution in [-0.2, 0) is 6.18 Å². The first kappa shape index (κ1) is 14.4. The molecule has 1 rings (SSSR count). The highest BCUT2D eigenvalue weighted by Crippen LogP contribution is 2.31. The van der Waals surface area contributed by atoms with E-state index in [1.165, 1.54) is 6.07 Å². The van der Waals surface area contributed by atoms with Gasteiger partial charge in [0.1, 0.15) is 6.07 Å². The summed E-state index contributed by atoms with van der Waals surface area (Å²) in [5.41, 5.74) is -0.326. The molecule has 0 fully saturated rings. The van der Waals surface area contributed by atoms with Crippen LogP contribution in [0.25, 0.3) is 0 Å². The molecule has 0 unspecified atom stereocenters. The van der Waals surface area contributed by atoms with Crippen molar-refractivity contribution in [1.29, 1.82) is 5.26 Å². The van der Waals surface area contributed by atoms with Crippen LogP contribution in [0.15, 0.2) is 18.2 Å². The molecule has 0 saturated heterocycles. The quantitative estimate of drug-likeness (QED) is 0.882. The fourth-order valence-electron chi connectivity index (χ4n) is 1.46. The summed E-state index contributed by atoms with van der Waals surface area (Å²) in [6.45, 7) is 4.75. The van der Waals surface area contributed by atoms with E-state index in [4.69, 9.17) is 5.26 Å². The highest BCUT2D eigenvalue weighted by molar-refractivity contribution is 5.58. The van der Waals surface area contributed by atoms with Crippen LogP contribution in [0.1, 0.15) is 31.4 Å². The second-order valence-electron chi connectivity index (χ2n) is 4.48. The molecule has 0 amide bonds. The molecule has 0 heterocycles. The van der Waals surface area contributed by atoms with Crippen LogP contribution in [0.2, 0.25) is 0 Å². The van der Waals surface area contributed by atoms with Crippen LogP contribution in [0.5, 0.6) is 0 Å². The predicted molar refractivity (Wildman–Crippen MR) is 64.1 cm³/mol. The zero-order chi connectivity index (χ0) is 13.8. The van der Waals surface area contributed by atoms with Gasteiger partial charge in [-0.2, -0.15) is 18.4 Å². The number of nitriles is 1. The van der Waals surface area contributed by atoms with E-state index < -0.39 is 11.7 Å². The summed E-state index contributed by atoms with van der Waals surface area (Å²) >= 11 is 0. The van der Waals surface area contributed by atoms with Crippen LogP contribution < -0.4 is 5.32 Å². The van der Waals surface area contributed by atoms with Crippen LogP contribution >= 0.6 is 0 Å². The molecule has 0 aliphatic heterocycles. The molecule has 0 aliphatic rings. The maximum atomic E-state index is 12.5. The highest BCUT2D eigenvalue weighted by atomic mass is 19.4. The van der Waals surface area contributed by atoms with Gasteiger partial charge in [-0.25, -0.2) is 0 Å². The van der Waals surface area contributed by atoms with Crippen molar-refractivity contribution in [2.24, 2.45) is 5.92 Å². The number of alkyl halides is 3. The summed E-state index contributed by atoms with van der Waals surface area (Å²) in [7, 11) is 0. The summed E-state index contributed by atoms with van der Waals surface area (Å²) in [6, 6.07) is 4.95. The molecule has 1 aromatic rings. The molecule has 0 aliphatic carbocycles. The number of halogens is 3. The van der Waals surface area contributed by atoms with Crippen LogP contribution in [0.4, 0.5) is 18.9 Å². The van der Waals surface area contributed by atoms with Gasteiger partial charge < -0.3 is 5.32 Å². The van der Waals surface area contributed by atoms with Crippen LogP contribution in [-0.4, -0.2) is 6.54 Å². The van der Waals surface area contributed by atoms with Crippen molar-refractivity contribution in [3.05, 3.63) is 29.3 Å². The molecular weight excluding hydrogens is 241 g/mol. The molecule has 0 bridgehead atoms. The molecular formula is C13H15F3N2. The SMILES string of the molecule is CC(C)CCNc1ccc(C(F)(F)F)cc1C#N. The average molecular weight is 256 g/mol. The number of benzene rings is 1. The Morgan fingerprint density at radius 3 is 2.50 bits per heavy atom. The third-order valence-corrected chi connectivity index (χ3v) is 2.50. The first-order valence-corrected chi connectivity index (χ1v) is 5.70. The number of hydrogen-bond donors (Lipinski definition) is 1. The van der Waals surface area contributed by atoms with E-state index in [9.17, 15) is 13.2 Å². The lowest BCUT2D eigenvalue weighted by Crippen LogP contribution is -2.09. The zero-order valence-electron chi connectivity index (χ0n) is 10.3. The number of nitrogens with one attached hydrogen (secondary N) is 1. The van der Waals surface area contributed by atoms with Crippen LogP contribution in [0, 0.1) is 17.2 Å². The lowest BCUT2D eigenvalue weighted by Gasteiger charge is -2.12. The molecule has 18 heavy (non-hydrogen) atoms. The normalized spacial score (nSPS) is 11.4. The van der Waals surface area contributed by atoms with E-state index in [0.717, 1.165) is 18.6 Å². The van der Waals surface area contributed by atoms with Gasteiger partial charge in [-0.3, -0.25) is 0 Å². The maximum Gasteiger partial charge on any atom is 0.416 e. The monoisotopic (exact) mass is 256 g/mol. The van der Waals surface area contributed by atoms with Gasteiger partial charge in [-0.1, -0.05) is 13.8 Å². The second kappa shape index (κ2) is 5.76. The Hall–Kier alpha value is -1.70. The third kappa shape index (κ3) is 3.95. The Kier molecular flexibility index (Phi) is 4.60. The van der Waals surface area contributed by atoms with Gasteiger partial charge in [0.2, 0.25) is 0 Å². The van der Waals surface area contributed by atoms with Crippen molar-refractivity contribution in [3.8, 4) is 6.07 Å². The van der Waals surface area contributed by atoms with E-state index in [1.807, 2.05) is 0 Å². The Labute approximate surface area is 104 Å². The fourth-order valence-corrected chi connectivity index (χ4v) is 1.46. The lowest BCUT2D eigenvalue weighted by molar-refractivity contribution is -0.137. The molecule has 0 saturated carbocycles. The highest BCUT2D eigenvalue weighted by Gasteiger charge is 2.30. The molecule has 0 aromatic heterocycles. The largest absolute Gasteiger partial charge is 0.416 e. The average Bonchev–Trinajstić information content (AvgIpc) is 2.27. The summed E-state index contributed by atoms with van der Waals surface area (Å²) < 4.78 is 37.4. The van der Waals surface area contributed by atoms with Crippen molar-refractivity contribution in [2.45, 2.75) is 26.4 Å². The van der Waals surface area contributed by atoms with Crippen molar-refractivity contribution >= 4 is 5.69 Å². The number of anilines is 1. The molecule has 1 aromatic carbocycles. The predicted octanol–water partition coefficient (Wildman–Crippen LogP) is 4.04. The summed E-state index contributed by atoms with van der Waals surface area (Å²) in [5.74, 6) is 0.498.